The summed E-state index contributed by atoms with van der Waals surface area (Å²) in [6.07, 6.45) is 4.42. The maximum Gasteiger partial charge on any atom is 0.323 e. The highest BCUT2D eigenvalue weighted by atomic mass is 16.6. The van der Waals surface area contributed by atoms with Gasteiger partial charge in [-0.05, 0) is 46.0 Å². The van der Waals surface area contributed by atoms with Crippen molar-refractivity contribution < 1.29 is 19.4 Å². The number of aliphatic carboxylic acids is 1. The van der Waals surface area contributed by atoms with Crippen molar-refractivity contribution >= 4 is 11.9 Å². The first-order chi connectivity index (χ1) is 8.71. The quantitative estimate of drug-likeness (QED) is 0.485. The first-order valence-corrected chi connectivity index (χ1v) is 7.18. The van der Waals surface area contributed by atoms with Gasteiger partial charge in [-0.3, -0.25) is 9.59 Å². The number of carboxylic acids is 1. The fourth-order valence-corrected chi connectivity index (χ4v) is 2.70. The lowest BCUT2D eigenvalue weighted by molar-refractivity contribution is -0.178. The van der Waals surface area contributed by atoms with Crippen molar-refractivity contribution in [3.8, 4) is 0 Å². The van der Waals surface area contributed by atoms with Crippen LogP contribution in [0.4, 0.5) is 0 Å². The molecule has 2 atom stereocenters. The molecule has 2 unspecified atom stereocenters. The van der Waals surface area contributed by atoms with Crippen LogP contribution in [0, 0.1) is 11.3 Å². The molecule has 0 aliphatic heterocycles. The summed E-state index contributed by atoms with van der Waals surface area (Å²) >= 11 is 0. The minimum Gasteiger partial charge on any atom is -0.480 e. The van der Waals surface area contributed by atoms with Crippen LogP contribution in [0.15, 0.2) is 0 Å². The van der Waals surface area contributed by atoms with Crippen molar-refractivity contribution in [3.05, 3.63) is 0 Å². The lowest BCUT2D eigenvalue weighted by Gasteiger charge is -2.30. The maximum atomic E-state index is 12.3. The third-order valence-electron chi connectivity index (χ3n) is 3.97. The van der Waals surface area contributed by atoms with E-state index in [1.54, 1.807) is 20.8 Å². The Morgan fingerprint density at radius 2 is 1.89 bits per heavy atom. The molecular formula is C15H26O4. The van der Waals surface area contributed by atoms with E-state index in [-0.39, 0.29) is 0 Å². The van der Waals surface area contributed by atoms with Gasteiger partial charge in [-0.25, -0.2) is 0 Å². The topological polar surface area (TPSA) is 63.6 Å². The summed E-state index contributed by atoms with van der Waals surface area (Å²) in [6.45, 7) is 7.43. The number of carbonyl (C=O) groups is 2. The number of rotatable bonds is 3. The zero-order valence-corrected chi connectivity index (χ0v) is 12.5. The minimum absolute atomic E-state index is 0.397. The lowest BCUT2D eigenvalue weighted by atomic mass is 9.80. The van der Waals surface area contributed by atoms with Gasteiger partial charge in [-0.1, -0.05) is 26.2 Å². The third kappa shape index (κ3) is 3.95. The predicted octanol–water partition coefficient (Wildman–Crippen LogP) is 3.39. The van der Waals surface area contributed by atoms with Crippen LogP contribution in [-0.2, 0) is 14.3 Å². The Hall–Kier alpha value is -1.06. The van der Waals surface area contributed by atoms with Gasteiger partial charge in [-0.15, -0.1) is 0 Å². The fraction of sp³-hybridized carbons (Fsp3) is 0.867. The van der Waals surface area contributed by atoms with E-state index < -0.39 is 23.0 Å². The van der Waals surface area contributed by atoms with Crippen LogP contribution in [0.3, 0.4) is 0 Å². The highest BCUT2D eigenvalue weighted by Crippen LogP contribution is 2.40. The number of hydrogen-bond acceptors (Lipinski definition) is 3. The SMILES string of the molecule is CCC1CCCC(C(=O)O)(C(=O)OC(C)(C)C)CC1. The van der Waals surface area contributed by atoms with Crippen LogP contribution in [0.1, 0.15) is 66.2 Å². The van der Waals surface area contributed by atoms with E-state index in [0.29, 0.717) is 18.8 Å². The summed E-state index contributed by atoms with van der Waals surface area (Å²) in [4.78, 5) is 24.0. The van der Waals surface area contributed by atoms with Gasteiger partial charge >= 0.3 is 11.9 Å². The summed E-state index contributed by atoms with van der Waals surface area (Å²) in [6, 6.07) is 0. The maximum absolute atomic E-state index is 12.3. The largest absolute Gasteiger partial charge is 0.480 e. The van der Waals surface area contributed by atoms with Crippen LogP contribution in [0.2, 0.25) is 0 Å². The second kappa shape index (κ2) is 5.93. The summed E-state index contributed by atoms with van der Waals surface area (Å²) < 4.78 is 5.35. The third-order valence-corrected chi connectivity index (χ3v) is 3.97. The zero-order valence-electron chi connectivity index (χ0n) is 12.5. The first kappa shape index (κ1) is 16.0. The van der Waals surface area contributed by atoms with Crippen molar-refractivity contribution in [3.63, 3.8) is 0 Å². The average molecular weight is 270 g/mol. The van der Waals surface area contributed by atoms with Crippen LogP contribution in [-0.4, -0.2) is 22.6 Å². The first-order valence-electron chi connectivity index (χ1n) is 7.18. The van der Waals surface area contributed by atoms with Gasteiger partial charge in [0.15, 0.2) is 5.41 Å². The Kier molecular flexibility index (Phi) is 4.99. The van der Waals surface area contributed by atoms with Gasteiger partial charge in [0.05, 0.1) is 0 Å². The predicted molar refractivity (Wildman–Crippen MR) is 72.8 cm³/mol. The zero-order chi connectivity index (χ0) is 14.7. The summed E-state index contributed by atoms with van der Waals surface area (Å²) in [5.74, 6) is -1.06. The van der Waals surface area contributed by atoms with Crippen molar-refractivity contribution in [2.24, 2.45) is 11.3 Å². The van der Waals surface area contributed by atoms with Crippen LogP contribution in [0.5, 0.6) is 0 Å². The average Bonchev–Trinajstić information content (AvgIpc) is 2.49. The Labute approximate surface area is 115 Å². The smallest absolute Gasteiger partial charge is 0.323 e. The monoisotopic (exact) mass is 270 g/mol. The van der Waals surface area contributed by atoms with Crippen LogP contribution >= 0.6 is 0 Å². The molecule has 1 N–H and O–H groups in total. The molecule has 0 saturated heterocycles. The highest BCUT2D eigenvalue weighted by Gasteiger charge is 2.49. The Bertz CT molecular complexity index is 343. The minimum atomic E-state index is -1.34. The molecule has 1 aliphatic rings. The van der Waals surface area contributed by atoms with E-state index in [1.165, 1.54) is 0 Å². The second-order valence-electron chi connectivity index (χ2n) is 6.59. The van der Waals surface area contributed by atoms with Crippen molar-refractivity contribution in [1.82, 2.24) is 0 Å². The number of carboxylic acid groups (broad SMARTS) is 1. The molecule has 19 heavy (non-hydrogen) atoms. The van der Waals surface area contributed by atoms with Gasteiger partial charge in [-0.2, -0.15) is 0 Å². The molecule has 0 spiro atoms. The summed E-state index contributed by atoms with van der Waals surface area (Å²) in [7, 11) is 0. The molecule has 0 bridgehead atoms. The molecule has 1 fully saturated rings. The van der Waals surface area contributed by atoms with Gasteiger partial charge in [0.2, 0.25) is 0 Å². The molecular weight excluding hydrogens is 244 g/mol. The molecule has 4 nitrogen and oxygen atoms in total. The standard InChI is InChI=1S/C15H26O4/c1-5-11-7-6-9-15(10-8-11,12(16)17)13(18)19-14(2,3)4/h11H,5-10H2,1-4H3,(H,16,17). The molecule has 1 saturated carbocycles. The summed E-state index contributed by atoms with van der Waals surface area (Å²) in [5.41, 5.74) is -1.98. The highest BCUT2D eigenvalue weighted by molar-refractivity contribution is 5.99. The Morgan fingerprint density at radius 1 is 1.26 bits per heavy atom. The van der Waals surface area contributed by atoms with Gasteiger partial charge in [0.1, 0.15) is 5.60 Å². The van der Waals surface area contributed by atoms with E-state index in [2.05, 4.69) is 6.92 Å². The number of esters is 1. The second-order valence-corrected chi connectivity index (χ2v) is 6.59. The lowest BCUT2D eigenvalue weighted by Crippen LogP contribution is -2.43. The summed E-state index contributed by atoms with van der Waals surface area (Å²) in [5, 5.41) is 9.54. The van der Waals surface area contributed by atoms with E-state index in [4.69, 9.17) is 4.74 Å². The molecule has 0 amide bonds. The van der Waals surface area contributed by atoms with Gasteiger partial charge in [0.25, 0.3) is 0 Å². The van der Waals surface area contributed by atoms with E-state index in [0.717, 1.165) is 25.7 Å². The molecule has 1 aliphatic carbocycles. The molecule has 0 aromatic heterocycles. The van der Waals surface area contributed by atoms with E-state index >= 15 is 0 Å². The molecule has 0 radical (unpaired) electrons. The van der Waals surface area contributed by atoms with E-state index in [9.17, 15) is 14.7 Å². The van der Waals surface area contributed by atoms with Crippen LogP contribution < -0.4 is 0 Å². The molecule has 0 heterocycles. The molecule has 110 valence electrons. The molecule has 0 aromatic rings. The Balaban J connectivity index is 2.91. The molecule has 0 aromatic carbocycles. The van der Waals surface area contributed by atoms with Crippen molar-refractivity contribution in [1.29, 1.82) is 0 Å². The number of hydrogen-bond donors (Lipinski definition) is 1. The van der Waals surface area contributed by atoms with E-state index in [1.807, 2.05) is 0 Å². The van der Waals surface area contributed by atoms with Gasteiger partial charge in [0, 0.05) is 0 Å². The van der Waals surface area contributed by atoms with Crippen molar-refractivity contribution in [2.75, 3.05) is 0 Å². The normalized spacial score (nSPS) is 28.5. The Morgan fingerprint density at radius 3 is 2.37 bits per heavy atom. The van der Waals surface area contributed by atoms with Crippen LogP contribution in [0.25, 0.3) is 0 Å². The van der Waals surface area contributed by atoms with Crippen molar-refractivity contribution in [2.45, 2.75) is 71.8 Å². The fourth-order valence-electron chi connectivity index (χ4n) is 2.70. The molecule has 4 heteroatoms. The number of ether oxygens (including phenoxy) is 1. The molecule has 1 rings (SSSR count). The van der Waals surface area contributed by atoms with Gasteiger partial charge < -0.3 is 9.84 Å². The number of carbonyl (C=O) groups excluding carboxylic acids is 1.